The van der Waals surface area contributed by atoms with Gasteiger partial charge in [0.1, 0.15) is 11.3 Å². The maximum Gasteiger partial charge on any atom is 0.213 e. The van der Waals surface area contributed by atoms with Crippen LogP contribution in [0.15, 0.2) is 24.3 Å². The molecule has 0 spiro atoms. The van der Waals surface area contributed by atoms with E-state index in [1.807, 2.05) is 6.92 Å². The van der Waals surface area contributed by atoms with Crippen molar-refractivity contribution in [3.63, 3.8) is 0 Å². The molecule has 102 valence electrons. The van der Waals surface area contributed by atoms with E-state index in [1.54, 1.807) is 30.0 Å². The lowest BCUT2D eigenvalue weighted by Crippen LogP contribution is -2.12. The number of aromatic amines is 2. The van der Waals surface area contributed by atoms with Crippen LogP contribution in [0, 0.1) is 10.6 Å². The molecule has 0 aliphatic carbocycles. The van der Waals surface area contributed by atoms with Crippen molar-refractivity contribution in [2.75, 3.05) is 0 Å². The summed E-state index contributed by atoms with van der Waals surface area (Å²) >= 11 is 6.42. The van der Waals surface area contributed by atoms with E-state index in [1.165, 1.54) is 6.07 Å². The third-order valence-electron chi connectivity index (χ3n) is 2.38. The largest absolute Gasteiger partial charge is 0.477 e. The van der Waals surface area contributed by atoms with Crippen LogP contribution in [0.5, 0.6) is 5.75 Å². The predicted molar refractivity (Wildman–Crippen MR) is 76.2 cm³/mol. The van der Waals surface area contributed by atoms with Crippen molar-refractivity contribution in [3.8, 4) is 5.75 Å². The van der Waals surface area contributed by atoms with E-state index in [4.69, 9.17) is 17.0 Å². The number of para-hydroxylation sites is 1. The van der Waals surface area contributed by atoms with E-state index in [9.17, 15) is 4.39 Å². The molecule has 0 radical (unpaired) electrons. The zero-order valence-electron chi connectivity index (χ0n) is 10.4. The molecular weight excluding hydrogens is 285 g/mol. The first-order valence-corrected chi connectivity index (χ1v) is 7.31. The Labute approximate surface area is 119 Å². The molecular formula is C12H14FN3OS2. The van der Waals surface area contributed by atoms with Gasteiger partial charge in [0.25, 0.3) is 0 Å². The molecule has 2 rings (SSSR count). The van der Waals surface area contributed by atoms with Gasteiger partial charge in [-0.25, -0.2) is 9.37 Å². The van der Waals surface area contributed by atoms with E-state index >= 15 is 0 Å². The van der Waals surface area contributed by atoms with Gasteiger partial charge in [0.05, 0.1) is 5.75 Å². The molecule has 0 saturated carbocycles. The Balaban J connectivity index is 1.93. The van der Waals surface area contributed by atoms with Crippen LogP contribution in [0.3, 0.4) is 0 Å². The summed E-state index contributed by atoms with van der Waals surface area (Å²) in [5.74, 6) is 1.31. The molecule has 1 atom stereocenters. The molecule has 0 amide bonds. The predicted octanol–water partition coefficient (Wildman–Crippen LogP) is 3.65. The fourth-order valence-corrected chi connectivity index (χ4v) is 2.51. The van der Waals surface area contributed by atoms with E-state index in [2.05, 4.69) is 15.2 Å². The second-order valence-corrected chi connectivity index (χ2v) is 5.35. The summed E-state index contributed by atoms with van der Waals surface area (Å²) in [6.07, 6.45) is 0.768. The lowest BCUT2D eigenvalue weighted by Gasteiger charge is -2.16. The number of rotatable bonds is 6. The molecule has 2 aromatic rings. The SMILES string of the molecule is CCC(Oc1ccccc1F)SCc1nc(=S)[nH][nH]1. The third-order valence-corrected chi connectivity index (χ3v) is 3.82. The second kappa shape index (κ2) is 6.72. The number of H-pyrrole nitrogens is 2. The van der Waals surface area contributed by atoms with Crippen LogP contribution in [0.1, 0.15) is 19.2 Å². The smallest absolute Gasteiger partial charge is 0.213 e. The lowest BCUT2D eigenvalue weighted by atomic mass is 10.3. The number of nitrogens with one attached hydrogen (secondary N) is 2. The zero-order chi connectivity index (χ0) is 13.7. The molecule has 0 fully saturated rings. The Morgan fingerprint density at radius 3 is 2.84 bits per heavy atom. The minimum Gasteiger partial charge on any atom is -0.477 e. The van der Waals surface area contributed by atoms with Gasteiger partial charge in [-0.15, -0.1) is 11.8 Å². The normalized spacial score (nSPS) is 12.3. The molecule has 0 aliphatic rings. The third kappa shape index (κ3) is 4.07. The fraction of sp³-hybridized carbons (Fsp3) is 0.333. The number of aromatic nitrogens is 3. The summed E-state index contributed by atoms with van der Waals surface area (Å²) < 4.78 is 19.5. The second-order valence-electron chi connectivity index (χ2n) is 3.81. The summed E-state index contributed by atoms with van der Waals surface area (Å²) in [7, 11) is 0. The Morgan fingerprint density at radius 1 is 1.42 bits per heavy atom. The molecule has 1 unspecified atom stereocenters. The highest BCUT2D eigenvalue weighted by Gasteiger charge is 2.12. The number of benzene rings is 1. The monoisotopic (exact) mass is 299 g/mol. The van der Waals surface area contributed by atoms with Gasteiger partial charge in [-0.2, -0.15) is 0 Å². The van der Waals surface area contributed by atoms with Gasteiger partial charge in [-0.3, -0.25) is 10.2 Å². The average Bonchev–Trinajstić information content (AvgIpc) is 2.82. The Morgan fingerprint density at radius 2 is 2.21 bits per heavy atom. The van der Waals surface area contributed by atoms with Crippen molar-refractivity contribution in [2.24, 2.45) is 0 Å². The lowest BCUT2D eigenvalue weighted by molar-refractivity contribution is 0.270. The maximum absolute atomic E-state index is 13.5. The summed E-state index contributed by atoms with van der Waals surface area (Å²) in [6, 6.07) is 6.40. The minimum absolute atomic E-state index is 0.129. The van der Waals surface area contributed by atoms with Crippen molar-refractivity contribution < 1.29 is 9.13 Å². The van der Waals surface area contributed by atoms with Gasteiger partial charge in [0.2, 0.25) is 4.77 Å². The molecule has 7 heteroatoms. The zero-order valence-corrected chi connectivity index (χ0v) is 12.0. The van der Waals surface area contributed by atoms with Crippen LogP contribution in [0.2, 0.25) is 0 Å². The van der Waals surface area contributed by atoms with Crippen LogP contribution in [-0.4, -0.2) is 20.6 Å². The topological polar surface area (TPSA) is 53.7 Å². The standard InChI is InChI=1S/C12H14FN3OS2/c1-2-11(17-9-6-4-3-5-8(9)13)19-7-10-14-12(18)16-15-10/h3-6,11H,2,7H2,1H3,(H2,14,15,16,18). The van der Waals surface area contributed by atoms with Crippen LogP contribution in [-0.2, 0) is 5.75 Å². The molecule has 0 bridgehead atoms. The summed E-state index contributed by atoms with van der Waals surface area (Å²) in [5, 5.41) is 5.60. The first-order chi connectivity index (χ1) is 9.19. The Kier molecular flexibility index (Phi) is 4.98. The summed E-state index contributed by atoms with van der Waals surface area (Å²) in [5.41, 5.74) is -0.129. The molecule has 19 heavy (non-hydrogen) atoms. The highest BCUT2D eigenvalue weighted by Crippen LogP contribution is 2.24. The molecule has 1 heterocycles. The van der Waals surface area contributed by atoms with E-state index in [0.29, 0.717) is 10.5 Å². The molecule has 0 saturated heterocycles. The van der Waals surface area contributed by atoms with Gasteiger partial charge < -0.3 is 4.74 Å². The molecule has 2 N–H and O–H groups in total. The Hall–Kier alpha value is -1.34. The molecule has 1 aromatic carbocycles. The molecule has 4 nitrogen and oxygen atoms in total. The number of hydrogen-bond acceptors (Lipinski definition) is 4. The summed E-state index contributed by atoms with van der Waals surface area (Å²) in [6.45, 7) is 1.99. The average molecular weight is 299 g/mol. The van der Waals surface area contributed by atoms with Crippen molar-refractivity contribution in [1.82, 2.24) is 15.2 Å². The molecule has 1 aromatic heterocycles. The van der Waals surface area contributed by atoms with E-state index < -0.39 is 0 Å². The van der Waals surface area contributed by atoms with Crippen LogP contribution >= 0.6 is 24.0 Å². The van der Waals surface area contributed by atoms with Crippen LogP contribution < -0.4 is 4.74 Å². The quantitative estimate of drug-likeness (QED) is 0.631. The van der Waals surface area contributed by atoms with Crippen LogP contribution in [0.25, 0.3) is 0 Å². The molecule has 0 aliphatic heterocycles. The highest BCUT2D eigenvalue weighted by molar-refractivity contribution is 7.99. The van der Waals surface area contributed by atoms with E-state index in [0.717, 1.165) is 12.2 Å². The first-order valence-electron chi connectivity index (χ1n) is 5.85. The number of halogens is 1. The number of nitrogens with zero attached hydrogens (tertiary/aromatic N) is 1. The Bertz CT molecular complexity index is 584. The minimum atomic E-state index is -0.347. The highest BCUT2D eigenvalue weighted by atomic mass is 32.2. The van der Waals surface area contributed by atoms with Crippen LogP contribution in [0.4, 0.5) is 4.39 Å². The number of hydrogen-bond donors (Lipinski definition) is 2. The number of thioether (sulfide) groups is 1. The van der Waals surface area contributed by atoms with Crippen molar-refractivity contribution in [2.45, 2.75) is 24.5 Å². The van der Waals surface area contributed by atoms with Crippen molar-refractivity contribution in [1.29, 1.82) is 0 Å². The van der Waals surface area contributed by atoms with Crippen molar-refractivity contribution >= 4 is 24.0 Å². The van der Waals surface area contributed by atoms with E-state index in [-0.39, 0.29) is 17.0 Å². The fourth-order valence-electron chi connectivity index (χ4n) is 1.46. The van der Waals surface area contributed by atoms with Gasteiger partial charge in [-0.1, -0.05) is 19.1 Å². The van der Waals surface area contributed by atoms with Gasteiger partial charge in [0, 0.05) is 0 Å². The first kappa shape index (κ1) is 14.1. The summed E-state index contributed by atoms with van der Waals surface area (Å²) in [4.78, 5) is 4.09. The van der Waals surface area contributed by atoms with Gasteiger partial charge >= 0.3 is 0 Å². The van der Waals surface area contributed by atoms with Gasteiger partial charge in [-0.05, 0) is 30.8 Å². The van der Waals surface area contributed by atoms with Crippen molar-refractivity contribution in [3.05, 3.63) is 40.7 Å². The number of ether oxygens (including phenoxy) is 1. The maximum atomic E-state index is 13.5. The van der Waals surface area contributed by atoms with Gasteiger partial charge in [0.15, 0.2) is 11.6 Å².